The summed E-state index contributed by atoms with van der Waals surface area (Å²) in [7, 11) is 1.56. The molecule has 0 saturated carbocycles. The summed E-state index contributed by atoms with van der Waals surface area (Å²) in [5, 5.41) is 17.3. The molecular weight excluding hydrogens is 160 g/mol. The van der Waals surface area contributed by atoms with Crippen LogP contribution in [0.15, 0.2) is 0 Å². The lowest BCUT2D eigenvalue weighted by Crippen LogP contribution is -2.27. The maximum Gasteiger partial charge on any atom is 0.332 e. The van der Waals surface area contributed by atoms with Crippen LogP contribution < -0.4 is 0 Å². The van der Waals surface area contributed by atoms with Crippen molar-refractivity contribution in [1.29, 1.82) is 0 Å². The van der Waals surface area contributed by atoms with Crippen molar-refractivity contribution in [2.24, 2.45) is 0 Å². The summed E-state index contributed by atoms with van der Waals surface area (Å²) < 4.78 is 5.06. The SMILES string of the molecule is COC(C)(C)CCC(O)C(=O)O. The summed E-state index contributed by atoms with van der Waals surface area (Å²) in [4.78, 5) is 10.2. The van der Waals surface area contributed by atoms with Gasteiger partial charge in [-0.15, -0.1) is 0 Å². The summed E-state index contributed by atoms with van der Waals surface area (Å²) in [5.41, 5.74) is -0.365. The Hall–Kier alpha value is -0.610. The minimum absolute atomic E-state index is 0.218. The van der Waals surface area contributed by atoms with Gasteiger partial charge in [-0.05, 0) is 26.7 Å². The second-order valence-electron chi connectivity index (χ2n) is 3.36. The molecule has 72 valence electrons. The topological polar surface area (TPSA) is 66.8 Å². The van der Waals surface area contributed by atoms with Crippen molar-refractivity contribution >= 4 is 5.97 Å². The van der Waals surface area contributed by atoms with Gasteiger partial charge in [0, 0.05) is 7.11 Å². The van der Waals surface area contributed by atoms with Gasteiger partial charge in [-0.3, -0.25) is 0 Å². The van der Waals surface area contributed by atoms with Gasteiger partial charge in [-0.25, -0.2) is 4.79 Å². The molecule has 1 atom stereocenters. The Morgan fingerprint density at radius 3 is 2.42 bits per heavy atom. The largest absolute Gasteiger partial charge is 0.479 e. The zero-order chi connectivity index (χ0) is 9.78. The molecule has 0 bridgehead atoms. The first-order valence-corrected chi connectivity index (χ1v) is 3.85. The molecule has 2 N–H and O–H groups in total. The van der Waals surface area contributed by atoms with E-state index >= 15 is 0 Å². The number of aliphatic carboxylic acids is 1. The summed E-state index contributed by atoms with van der Waals surface area (Å²) >= 11 is 0. The minimum atomic E-state index is -1.28. The van der Waals surface area contributed by atoms with E-state index in [1.807, 2.05) is 13.8 Å². The Labute approximate surface area is 72.2 Å². The molecule has 0 saturated heterocycles. The maximum absolute atomic E-state index is 10.2. The maximum atomic E-state index is 10.2. The average Bonchev–Trinajstić information content (AvgIpc) is 2.00. The van der Waals surface area contributed by atoms with Crippen LogP contribution in [0, 0.1) is 0 Å². The number of carbonyl (C=O) groups is 1. The monoisotopic (exact) mass is 176 g/mol. The molecule has 0 amide bonds. The van der Waals surface area contributed by atoms with Crippen LogP contribution in [-0.4, -0.2) is 35.0 Å². The zero-order valence-electron chi connectivity index (χ0n) is 7.70. The van der Waals surface area contributed by atoms with Gasteiger partial charge >= 0.3 is 5.97 Å². The van der Waals surface area contributed by atoms with Crippen LogP contribution in [0.4, 0.5) is 0 Å². The number of carboxylic acids is 1. The van der Waals surface area contributed by atoms with Crippen LogP contribution >= 0.6 is 0 Å². The van der Waals surface area contributed by atoms with Gasteiger partial charge in [0.1, 0.15) is 0 Å². The number of aliphatic hydroxyl groups is 1. The highest BCUT2D eigenvalue weighted by atomic mass is 16.5. The van der Waals surface area contributed by atoms with Crippen LogP contribution in [0.1, 0.15) is 26.7 Å². The van der Waals surface area contributed by atoms with Crippen molar-refractivity contribution in [2.45, 2.75) is 38.4 Å². The molecule has 4 heteroatoms. The number of aliphatic hydroxyl groups excluding tert-OH is 1. The predicted molar refractivity (Wildman–Crippen MR) is 44.0 cm³/mol. The van der Waals surface area contributed by atoms with E-state index in [0.717, 1.165) is 0 Å². The van der Waals surface area contributed by atoms with Crippen molar-refractivity contribution in [1.82, 2.24) is 0 Å². The highest BCUT2D eigenvalue weighted by molar-refractivity contribution is 5.71. The molecular formula is C8H16O4. The Bertz CT molecular complexity index is 153. The fourth-order valence-electron chi connectivity index (χ4n) is 0.710. The van der Waals surface area contributed by atoms with Crippen LogP contribution in [-0.2, 0) is 9.53 Å². The van der Waals surface area contributed by atoms with Crippen molar-refractivity contribution in [3.8, 4) is 0 Å². The van der Waals surface area contributed by atoms with E-state index in [0.29, 0.717) is 6.42 Å². The molecule has 0 fully saturated rings. The predicted octanol–water partition coefficient (Wildman–Crippen LogP) is 0.637. The quantitative estimate of drug-likeness (QED) is 0.645. The Balaban J connectivity index is 3.75. The standard InChI is InChI=1S/C8H16O4/c1-8(2,12-3)5-4-6(9)7(10)11/h6,9H,4-5H2,1-3H3,(H,10,11). The van der Waals surface area contributed by atoms with Crippen LogP contribution in [0.5, 0.6) is 0 Å². The molecule has 0 radical (unpaired) electrons. The number of carboxylic acid groups (broad SMARTS) is 1. The van der Waals surface area contributed by atoms with Gasteiger partial charge in [0.2, 0.25) is 0 Å². The van der Waals surface area contributed by atoms with E-state index in [1.165, 1.54) is 0 Å². The van der Waals surface area contributed by atoms with Gasteiger partial charge in [0.25, 0.3) is 0 Å². The smallest absolute Gasteiger partial charge is 0.332 e. The van der Waals surface area contributed by atoms with Gasteiger partial charge in [0.15, 0.2) is 6.10 Å². The second-order valence-corrected chi connectivity index (χ2v) is 3.36. The summed E-state index contributed by atoms with van der Waals surface area (Å²) in [5.74, 6) is -1.18. The summed E-state index contributed by atoms with van der Waals surface area (Å²) in [6.07, 6.45) is -0.535. The minimum Gasteiger partial charge on any atom is -0.479 e. The molecule has 1 unspecified atom stereocenters. The Kier molecular flexibility index (Phi) is 4.20. The molecule has 0 rings (SSSR count). The molecule has 0 aliphatic rings. The molecule has 4 nitrogen and oxygen atoms in total. The molecule has 0 heterocycles. The van der Waals surface area contributed by atoms with Crippen LogP contribution in [0.3, 0.4) is 0 Å². The number of rotatable bonds is 5. The molecule has 0 spiro atoms. The summed E-state index contributed by atoms with van der Waals surface area (Å²) in [6, 6.07) is 0. The van der Waals surface area contributed by atoms with Crippen LogP contribution in [0.2, 0.25) is 0 Å². The first-order chi connectivity index (χ1) is 5.39. The van der Waals surface area contributed by atoms with Crippen molar-refractivity contribution in [3.05, 3.63) is 0 Å². The van der Waals surface area contributed by atoms with E-state index < -0.39 is 12.1 Å². The second kappa shape index (κ2) is 4.42. The van der Waals surface area contributed by atoms with Gasteiger partial charge in [-0.1, -0.05) is 0 Å². The first kappa shape index (κ1) is 11.4. The first-order valence-electron chi connectivity index (χ1n) is 3.85. The van der Waals surface area contributed by atoms with E-state index in [1.54, 1.807) is 7.11 Å². The fourth-order valence-corrected chi connectivity index (χ4v) is 0.710. The van der Waals surface area contributed by atoms with Gasteiger partial charge in [-0.2, -0.15) is 0 Å². The molecule has 0 aromatic heterocycles. The van der Waals surface area contributed by atoms with Crippen molar-refractivity contribution in [2.75, 3.05) is 7.11 Å². The Morgan fingerprint density at radius 2 is 2.08 bits per heavy atom. The van der Waals surface area contributed by atoms with E-state index in [2.05, 4.69) is 0 Å². The highest BCUT2D eigenvalue weighted by Gasteiger charge is 2.21. The third kappa shape index (κ3) is 4.31. The van der Waals surface area contributed by atoms with Crippen molar-refractivity contribution < 1.29 is 19.7 Å². The lowest BCUT2D eigenvalue weighted by atomic mass is 10.0. The number of hydrogen-bond donors (Lipinski definition) is 2. The zero-order valence-corrected chi connectivity index (χ0v) is 7.70. The molecule has 0 aromatic carbocycles. The van der Waals surface area contributed by atoms with Crippen molar-refractivity contribution in [3.63, 3.8) is 0 Å². The van der Waals surface area contributed by atoms with Gasteiger partial charge in [0.05, 0.1) is 5.60 Å². The third-order valence-corrected chi connectivity index (χ3v) is 1.86. The van der Waals surface area contributed by atoms with E-state index in [9.17, 15) is 4.79 Å². The van der Waals surface area contributed by atoms with Gasteiger partial charge < -0.3 is 14.9 Å². The average molecular weight is 176 g/mol. The highest BCUT2D eigenvalue weighted by Crippen LogP contribution is 2.16. The van der Waals surface area contributed by atoms with E-state index in [-0.39, 0.29) is 12.0 Å². The number of hydrogen-bond acceptors (Lipinski definition) is 3. The number of methoxy groups -OCH3 is 1. The molecule has 0 aliphatic carbocycles. The summed E-state index contributed by atoms with van der Waals surface area (Å²) in [6.45, 7) is 3.70. The normalized spacial score (nSPS) is 14.3. The molecule has 0 aliphatic heterocycles. The van der Waals surface area contributed by atoms with E-state index in [4.69, 9.17) is 14.9 Å². The lowest BCUT2D eigenvalue weighted by Gasteiger charge is -2.23. The molecule has 0 aromatic rings. The Morgan fingerprint density at radius 1 is 1.58 bits per heavy atom. The fraction of sp³-hybridized carbons (Fsp3) is 0.875. The third-order valence-electron chi connectivity index (χ3n) is 1.86. The lowest BCUT2D eigenvalue weighted by molar-refractivity contribution is -0.147. The van der Waals surface area contributed by atoms with Crippen LogP contribution in [0.25, 0.3) is 0 Å². The molecule has 12 heavy (non-hydrogen) atoms. The number of ether oxygens (including phenoxy) is 1.